The first-order chi connectivity index (χ1) is 8.70. The van der Waals surface area contributed by atoms with Crippen molar-refractivity contribution in [2.45, 2.75) is 26.1 Å². The van der Waals surface area contributed by atoms with E-state index in [9.17, 15) is 18.0 Å². The first-order valence-corrected chi connectivity index (χ1v) is 6.39. The molecule has 1 amide bonds. The number of amides is 1. The van der Waals surface area contributed by atoms with E-state index < -0.39 is 17.6 Å². The molecular weight excluding hydrogens is 325 g/mol. The number of carbonyl (C=O) groups excluding carboxylic acids is 1. The quantitative estimate of drug-likeness (QED) is 0.883. The molecule has 7 heteroatoms. The Morgan fingerprint density at radius 1 is 1.37 bits per heavy atom. The van der Waals surface area contributed by atoms with E-state index in [1.165, 1.54) is 6.07 Å². The second kappa shape index (κ2) is 6.38. The molecule has 0 heterocycles. The van der Waals surface area contributed by atoms with Crippen LogP contribution in [-0.4, -0.2) is 18.5 Å². The van der Waals surface area contributed by atoms with Crippen molar-refractivity contribution in [3.8, 4) is 0 Å². The van der Waals surface area contributed by atoms with Gasteiger partial charge in [-0.3, -0.25) is 4.79 Å². The summed E-state index contributed by atoms with van der Waals surface area (Å²) in [5.74, 6) is -0.395. The Kier molecular flexibility index (Phi) is 5.37. The standard InChI is InChI=1S/C12H14BrF3N2O/c1-7(2)17-6-11(19)18-10-5-8(12(14,15)16)3-4-9(10)13/h3-5,7,17H,6H2,1-2H3,(H,18,19). The average Bonchev–Trinajstić information content (AvgIpc) is 2.28. The molecule has 0 spiro atoms. The van der Waals surface area contributed by atoms with Gasteiger partial charge in [0.1, 0.15) is 0 Å². The molecule has 106 valence electrons. The molecule has 0 fully saturated rings. The van der Waals surface area contributed by atoms with E-state index in [0.29, 0.717) is 4.47 Å². The van der Waals surface area contributed by atoms with Gasteiger partial charge in [-0.1, -0.05) is 13.8 Å². The molecule has 0 aromatic heterocycles. The summed E-state index contributed by atoms with van der Waals surface area (Å²) in [7, 11) is 0. The molecule has 1 aromatic rings. The lowest BCUT2D eigenvalue weighted by atomic mass is 10.2. The van der Waals surface area contributed by atoms with E-state index in [0.717, 1.165) is 12.1 Å². The van der Waals surface area contributed by atoms with Crippen LogP contribution >= 0.6 is 15.9 Å². The molecular formula is C12H14BrF3N2O. The Morgan fingerprint density at radius 2 is 2.00 bits per heavy atom. The number of carbonyl (C=O) groups is 1. The topological polar surface area (TPSA) is 41.1 Å². The number of rotatable bonds is 4. The van der Waals surface area contributed by atoms with Gasteiger partial charge in [-0.05, 0) is 34.1 Å². The number of nitrogens with one attached hydrogen (secondary N) is 2. The smallest absolute Gasteiger partial charge is 0.324 e. The van der Waals surface area contributed by atoms with Crippen molar-refractivity contribution in [3.05, 3.63) is 28.2 Å². The summed E-state index contributed by atoms with van der Waals surface area (Å²) in [5, 5.41) is 5.31. The maximum atomic E-state index is 12.6. The van der Waals surface area contributed by atoms with Crippen molar-refractivity contribution in [2.24, 2.45) is 0 Å². The number of anilines is 1. The number of alkyl halides is 3. The molecule has 1 aromatic carbocycles. The molecule has 0 saturated carbocycles. The zero-order chi connectivity index (χ0) is 14.6. The summed E-state index contributed by atoms with van der Waals surface area (Å²) in [6, 6.07) is 3.23. The van der Waals surface area contributed by atoms with Crippen molar-refractivity contribution in [2.75, 3.05) is 11.9 Å². The van der Waals surface area contributed by atoms with Gasteiger partial charge in [0.25, 0.3) is 0 Å². The van der Waals surface area contributed by atoms with Crippen LogP contribution in [0.1, 0.15) is 19.4 Å². The van der Waals surface area contributed by atoms with Crippen LogP contribution in [0.15, 0.2) is 22.7 Å². The molecule has 0 bridgehead atoms. The van der Waals surface area contributed by atoms with Crippen molar-refractivity contribution in [1.82, 2.24) is 5.32 Å². The van der Waals surface area contributed by atoms with Gasteiger partial charge in [0, 0.05) is 10.5 Å². The van der Waals surface area contributed by atoms with Gasteiger partial charge >= 0.3 is 6.18 Å². The van der Waals surface area contributed by atoms with Crippen LogP contribution in [0.4, 0.5) is 18.9 Å². The largest absolute Gasteiger partial charge is 0.416 e. The third kappa shape index (κ3) is 5.20. The molecule has 19 heavy (non-hydrogen) atoms. The number of benzene rings is 1. The molecule has 0 unspecified atom stereocenters. The second-order valence-corrected chi connectivity index (χ2v) is 5.13. The maximum absolute atomic E-state index is 12.6. The van der Waals surface area contributed by atoms with Crippen LogP contribution in [0.5, 0.6) is 0 Å². The molecule has 3 nitrogen and oxygen atoms in total. The number of hydrogen-bond donors (Lipinski definition) is 2. The highest BCUT2D eigenvalue weighted by Crippen LogP contribution is 2.33. The van der Waals surface area contributed by atoms with Crippen LogP contribution in [-0.2, 0) is 11.0 Å². The van der Waals surface area contributed by atoms with Gasteiger partial charge in [0.2, 0.25) is 5.91 Å². The minimum Gasteiger partial charge on any atom is -0.324 e. The summed E-state index contributed by atoms with van der Waals surface area (Å²) in [6.45, 7) is 3.78. The van der Waals surface area contributed by atoms with Crippen LogP contribution in [0.25, 0.3) is 0 Å². The van der Waals surface area contributed by atoms with Crippen LogP contribution < -0.4 is 10.6 Å². The first-order valence-electron chi connectivity index (χ1n) is 5.60. The molecule has 1 rings (SSSR count). The highest BCUT2D eigenvalue weighted by molar-refractivity contribution is 9.10. The summed E-state index contributed by atoms with van der Waals surface area (Å²) >= 11 is 3.10. The molecule has 0 aliphatic rings. The lowest BCUT2D eigenvalue weighted by Gasteiger charge is -2.13. The lowest BCUT2D eigenvalue weighted by Crippen LogP contribution is -2.32. The minimum atomic E-state index is -4.43. The Morgan fingerprint density at radius 3 is 2.53 bits per heavy atom. The summed E-state index contributed by atoms with van der Waals surface area (Å²) in [6.07, 6.45) is -4.43. The first kappa shape index (κ1) is 16.0. The Balaban J connectivity index is 2.80. The van der Waals surface area contributed by atoms with Gasteiger partial charge in [-0.2, -0.15) is 13.2 Å². The van der Waals surface area contributed by atoms with Gasteiger partial charge in [-0.15, -0.1) is 0 Å². The molecule has 2 N–H and O–H groups in total. The summed E-state index contributed by atoms with van der Waals surface area (Å²) in [4.78, 5) is 11.6. The van der Waals surface area contributed by atoms with Crippen molar-refractivity contribution < 1.29 is 18.0 Å². The van der Waals surface area contributed by atoms with E-state index in [1.807, 2.05) is 13.8 Å². The fraction of sp³-hybridized carbons (Fsp3) is 0.417. The third-order valence-corrected chi connectivity index (χ3v) is 2.93. The molecule has 0 atom stereocenters. The van der Waals surface area contributed by atoms with E-state index in [2.05, 4.69) is 26.6 Å². The van der Waals surface area contributed by atoms with Gasteiger partial charge in [-0.25, -0.2) is 0 Å². The zero-order valence-electron chi connectivity index (χ0n) is 10.4. The second-order valence-electron chi connectivity index (χ2n) is 4.28. The Labute approximate surface area is 117 Å². The summed E-state index contributed by atoms with van der Waals surface area (Å²) < 4.78 is 38.1. The molecule has 0 saturated heterocycles. The predicted octanol–water partition coefficient (Wildman–Crippen LogP) is 3.40. The fourth-order valence-corrected chi connectivity index (χ4v) is 1.63. The zero-order valence-corrected chi connectivity index (χ0v) is 12.0. The Hall–Kier alpha value is -1.08. The fourth-order valence-electron chi connectivity index (χ4n) is 1.29. The van der Waals surface area contributed by atoms with E-state index in [-0.39, 0.29) is 18.3 Å². The van der Waals surface area contributed by atoms with Gasteiger partial charge in [0.05, 0.1) is 17.8 Å². The highest BCUT2D eigenvalue weighted by atomic mass is 79.9. The summed E-state index contributed by atoms with van der Waals surface area (Å²) in [5.41, 5.74) is -0.701. The van der Waals surface area contributed by atoms with Crippen LogP contribution in [0.2, 0.25) is 0 Å². The van der Waals surface area contributed by atoms with Crippen molar-refractivity contribution in [1.29, 1.82) is 0 Å². The monoisotopic (exact) mass is 338 g/mol. The average molecular weight is 339 g/mol. The van der Waals surface area contributed by atoms with E-state index in [1.54, 1.807) is 0 Å². The van der Waals surface area contributed by atoms with Crippen molar-refractivity contribution >= 4 is 27.5 Å². The predicted molar refractivity (Wildman–Crippen MR) is 70.9 cm³/mol. The van der Waals surface area contributed by atoms with Crippen LogP contribution in [0.3, 0.4) is 0 Å². The Bertz CT molecular complexity index is 461. The van der Waals surface area contributed by atoms with Gasteiger partial charge < -0.3 is 10.6 Å². The normalized spacial score (nSPS) is 11.7. The molecule has 0 aliphatic heterocycles. The van der Waals surface area contributed by atoms with Crippen molar-refractivity contribution in [3.63, 3.8) is 0 Å². The number of halogens is 4. The minimum absolute atomic E-state index is 0.0420. The maximum Gasteiger partial charge on any atom is 0.416 e. The SMILES string of the molecule is CC(C)NCC(=O)Nc1cc(C(F)(F)F)ccc1Br. The third-order valence-electron chi connectivity index (χ3n) is 2.24. The van der Waals surface area contributed by atoms with E-state index >= 15 is 0 Å². The molecule has 0 aliphatic carbocycles. The number of hydrogen-bond acceptors (Lipinski definition) is 2. The molecule has 0 radical (unpaired) electrons. The van der Waals surface area contributed by atoms with Crippen LogP contribution in [0, 0.1) is 0 Å². The highest BCUT2D eigenvalue weighted by Gasteiger charge is 2.31. The van der Waals surface area contributed by atoms with Gasteiger partial charge in [0.15, 0.2) is 0 Å². The van der Waals surface area contributed by atoms with E-state index in [4.69, 9.17) is 0 Å². The lowest BCUT2D eigenvalue weighted by molar-refractivity contribution is -0.137.